The van der Waals surface area contributed by atoms with Gasteiger partial charge in [0.15, 0.2) is 0 Å². The van der Waals surface area contributed by atoms with Crippen LogP contribution in [0.1, 0.15) is 23.3 Å². The zero-order valence-corrected chi connectivity index (χ0v) is 24.7. The maximum absolute atomic E-state index is 9.35. The second-order valence-corrected chi connectivity index (χ2v) is 10.5. The number of benzene rings is 8. The van der Waals surface area contributed by atoms with Gasteiger partial charge in [0.1, 0.15) is 0 Å². The van der Waals surface area contributed by atoms with E-state index in [9.17, 15) is 11.0 Å². The lowest BCUT2D eigenvalue weighted by Crippen LogP contribution is -2.09. The van der Waals surface area contributed by atoms with Crippen LogP contribution in [0.4, 0.5) is 17.1 Å². The van der Waals surface area contributed by atoms with Crippen LogP contribution in [-0.2, 0) is 0 Å². The first-order valence-electron chi connectivity index (χ1n) is 23.2. The molecule has 0 aliphatic rings. The summed E-state index contributed by atoms with van der Waals surface area (Å²) < 4.78 is 151. The molecule has 0 fully saturated rings. The third-order valence-corrected chi connectivity index (χ3v) is 7.54. The Morgan fingerprint density at radius 2 is 0.766 bits per heavy atom. The van der Waals surface area contributed by atoms with Gasteiger partial charge in [0.25, 0.3) is 0 Å². The highest BCUT2D eigenvalue weighted by atomic mass is 15.1. The van der Waals surface area contributed by atoms with Gasteiger partial charge >= 0.3 is 0 Å². The third-order valence-electron chi connectivity index (χ3n) is 7.54. The van der Waals surface area contributed by atoms with Crippen LogP contribution in [-0.4, -0.2) is 0 Å². The molecule has 0 aliphatic carbocycles. The molecule has 0 heterocycles. The second-order valence-electron chi connectivity index (χ2n) is 10.5. The quantitative estimate of drug-likeness (QED) is 0.172. The Balaban J connectivity index is 1.31. The number of hydrogen-bond donors (Lipinski definition) is 0. The van der Waals surface area contributed by atoms with Crippen molar-refractivity contribution in [2.75, 3.05) is 4.90 Å². The van der Waals surface area contributed by atoms with Crippen molar-refractivity contribution >= 4 is 27.8 Å². The summed E-state index contributed by atoms with van der Waals surface area (Å²) in [7, 11) is 0. The van der Waals surface area contributed by atoms with Gasteiger partial charge in [0, 0.05) is 17.1 Å². The molecule has 1 heteroatoms. The topological polar surface area (TPSA) is 3.24 Å². The van der Waals surface area contributed by atoms with Gasteiger partial charge < -0.3 is 4.90 Å². The van der Waals surface area contributed by atoms with Crippen molar-refractivity contribution in [2.45, 2.75) is 0 Å². The Kier molecular flexibility index (Phi) is 4.15. The molecule has 0 radical (unpaired) electrons. The van der Waals surface area contributed by atoms with Crippen molar-refractivity contribution < 1.29 is 23.3 Å². The van der Waals surface area contributed by atoms with Crippen LogP contribution in [0.25, 0.3) is 55.3 Å². The van der Waals surface area contributed by atoms with E-state index in [-0.39, 0.29) is 11.3 Å². The molecule has 0 aliphatic heterocycles. The molecule has 8 aromatic carbocycles. The van der Waals surface area contributed by atoms with Crippen molar-refractivity contribution in [1.82, 2.24) is 0 Å². The normalized spacial score (nSPS) is 16.0. The summed E-state index contributed by atoms with van der Waals surface area (Å²) in [6, 6.07) is 16.3. The summed E-state index contributed by atoms with van der Waals surface area (Å²) in [6.45, 7) is 0. The number of hydrogen-bond acceptors (Lipinski definition) is 1. The first-order chi connectivity index (χ1) is 30.4. The smallest absolute Gasteiger partial charge is 0.0645 e. The number of fused-ring (bicyclic) bond motifs is 1. The Morgan fingerprint density at radius 3 is 1.38 bits per heavy atom. The molecule has 222 valence electrons. The molecule has 0 aromatic heterocycles. The molecule has 8 aromatic rings. The standard InChI is InChI=1S/C46H33N/c1-3-10-34(11-4-1)36-18-20-37(21-19-36)38-24-28-45(29-25-38)47(44-16-5-2-6-17-44)46-30-26-39(27-31-46)41-14-9-15-42(32-41)43-23-22-35-12-7-8-13-40(35)33-43/h1-33H/i1D,3D,4D,10D,11D,18D,19D,20D,21D,24D,25D,26D,27D,28D,29D,30D,31D. The molecule has 0 amide bonds. The van der Waals surface area contributed by atoms with E-state index in [0.29, 0.717) is 5.56 Å². The highest BCUT2D eigenvalue weighted by Gasteiger charge is 2.13. The van der Waals surface area contributed by atoms with Crippen molar-refractivity contribution in [2.24, 2.45) is 0 Å². The molecule has 0 bridgehead atoms. The van der Waals surface area contributed by atoms with Crippen LogP contribution in [0.5, 0.6) is 0 Å². The number of nitrogens with zero attached hydrogens (tertiary/aromatic N) is 1. The fourth-order valence-electron chi connectivity index (χ4n) is 5.21. The van der Waals surface area contributed by atoms with Crippen molar-refractivity contribution in [3.63, 3.8) is 0 Å². The molecule has 1 nitrogen and oxygen atoms in total. The van der Waals surface area contributed by atoms with E-state index >= 15 is 0 Å². The zero-order valence-electron chi connectivity index (χ0n) is 41.7. The lowest BCUT2D eigenvalue weighted by Gasteiger charge is -2.26. The molecule has 0 N–H and O–H groups in total. The van der Waals surface area contributed by atoms with E-state index in [0.717, 1.165) is 26.8 Å². The van der Waals surface area contributed by atoms with Crippen molar-refractivity contribution in [1.29, 1.82) is 0 Å². The van der Waals surface area contributed by atoms with Crippen LogP contribution in [0.15, 0.2) is 200 Å². The van der Waals surface area contributed by atoms with Gasteiger partial charge in [0.05, 0.1) is 23.3 Å². The van der Waals surface area contributed by atoms with E-state index in [4.69, 9.17) is 12.3 Å². The third kappa shape index (κ3) is 5.95. The van der Waals surface area contributed by atoms with Crippen LogP contribution < -0.4 is 4.90 Å². The molecule has 47 heavy (non-hydrogen) atoms. The highest BCUT2D eigenvalue weighted by molar-refractivity contribution is 5.88. The minimum atomic E-state index is -0.865. The lowest BCUT2D eigenvalue weighted by atomic mass is 9.97. The van der Waals surface area contributed by atoms with Crippen LogP contribution in [0.2, 0.25) is 0 Å². The lowest BCUT2D eigenvalue weighted by molar-refractivity contribution is 1.28. The summed E-state index contributed by atoms with van der Waals surface area (Å²) in [4.78, 5) is 1.09. The fraction of sp³-hybridized carbons (Fsp3) is 0. The Hall–Kier alpha value is -6.18. The molecule has 0 saturated carbocycles. The largest absolute Gasteiger partial charge is 0.311 e. The van der Waals surface area contributed by atoms with Gasteiger partial charge in [-0.05, 0) is 104 Å². The maximum Gasteiger partial charge on any atom is 0.0645 e. The number of anilines is 3. The molecule has 0 saturated heterocycles. The maximum atomic E-state index is 9.35. The predicted molar refractivity (Wildman–Crippen MR) is 200 cm³/mol. The van der Waals surface area contributed by atoms with Crippen molar-refractivity contribution in [3.8, 4) is 44.5 Å². The monoisotopic (exact) mass is 616 g/mol. The number of para-hydroxylation sites is 1. The van der Waals surface area contributed by atoms with Gasteiger partial charge in [-0.25, -0.2) is 0 Å². The Labute approximate surface area is 300 Å². The Morgan fingerprint density at radius 1 is 0.298 bits per heavy atom. The summed E-state index contributed by atoms with van der Waals surface area (Å²) in [5, 5.41) is 2.06. The summed E-state index contributed by atoms with van der Waals surface area (Å²) in [5.74, 6) is 0. The van der Waals surface area contributed by atoms with E-state index in [1.165, 1.54) is 12.1 Å². The van der Waals surface area contributed by atoms with Gasteiger partial charge in [0.2, 0.25) is 0 Å². The van der Waals surface area contributed by atoms with Gasteiger partial charge in [-0.1, -0.05) is 151 Å². The van der Waals surface area contributed by atoms with E-state index in [1.54, 1.807) is 36.4 Å². The van der Waals surface area contributed by atoms with E-state index in [2.05, 4.69) is 0 Å². The van der Waals surface area contributed by atoms with Crippen LogP contribution in [0, 0.1) is 0 Å². The first kappa shape index (κ1) is 15.4. The van der Waals surface area contributed by atoms with Crippen LogP contribution >= 0.6 is 0 Å². The van der Waals surface area contributed by atoms with Gasteiger partial charge in [-0.3, -0.25) is 0 Å². The highest BCUT2D eigenvalue weighted by Crippen LogP contribution is 2.37. The SMILES string of the molecule is [2H]c1c([2H])c([2H])c(-c2c([2H])c([2H])c(-c3c([2H])c([2H])c(N(c4ccccc4)c4c([2H])c([2H])c(-c5cccc(-c6ccc7ccccc7c6)c5)c([2H])c4[2H])c([2H])c3[2H])c([2H])c2[2H])c([2H])c1[2H]. The molecular weight excluding hydrogens is 567 g/mol. The molecule has 0 unspecified atom stereocenters. The molecular formula is C46H33N. The molecule has 8 rings (SSSR count). The van der Waals surface area contributed by atoms with Crippen LogP contribution in [0.3, 0.4) is 0 Å². The fourth-order valence-corrected chi connectivity index (χ4v) is 5.21. The summed E-state index contributed by atoms with van der Waals surface area (Å²) >= 11 is 0. The van der Waals surface area contributed by atoms with E-state index in [1.807, 2.05) is 48.5 Å². The van der Waals surface area contributed by atoms with Crippen molar-refractivity contribution in [3.05, 3.63) is 200 Å². The van der Waals surface area contributed by atoms with Gasteiger partial charge in [-0.2, -0.15) is 0 Å². The van der Waals surface area contributed by atoms with Gasteiger partial charge in [-0.15, -0.1) is 0 Å². The minimum absolute atomic E-state index is 0.0142. The summed E-state index contributed by atoms with van der Waals surface area (Å²) in [5.41, 5.74) is -1.23. The first-order valence-corrected chi connectivity index (χ1v) is 14.7. The molecule has 0 atom stereocenters. The second kappa shape index (κ2) is 12.7. The zero-order chi connectivity index (χ0) is 46.2. The number of rotatable bonds is 7. The molecule has 0 spiro atoms. The average molecular weight is 617 g/mol. The van der Waals surface area contributed by atoms with E-state index < -0.39 is 136 Å². The summed E-state index contributed by atoms with van der Waals surface area (Å²) in [6.07, 6.45) is 0. The minimum Gasteiger partial charge on any atom is -0.311 e. The average Bonchev–Trinajstić information content (AvgIpc) is 3.30. The predicted octanol–water partition coefficient (Wildman–Crippen LogP) is 13.0. The Bertz CT molecular complexity index is 3140.